The lowest BCUT2D eigenvalue weighted by Gasteiger charge is -2.23. The van der Waals surface area contributed by atoms with Gasteiger partial charge in [0.2, 0.25) is 5.91 Å². The van der Waals surface area contributed by atoms with E-state index >= 15 is 0 Å². The topological polar surface area (TPSA) is 90.7 Å². The summed E-state index contributed by atoms with van der Waals surface area (Å²) in [5.74, 6) is 3.86. The van der Waals surface area contributed by atoms with Crippen LogP contribution in [0.1, 0.15) is 44.0 Å². The van der Waals surface area contributed by atoms with Gasteiger partial charge in [0.15, 0.2) is 5.82 Å². The van der Waals surface area contributed by atoms with E-state index in [0.29, 0.717) is 12.3 Å². The third-order valence-electron chi connectivity index (χ3n) is 5.62. The molecule has 0 unspecified atom stereocenters. The van der Waals surface area contributed by atoms with Crippen molar-refractivity contribution >= 4 is 5.91 Å². The van der Waals surface area contributed by atoms with Crippen molar-refractivity contribution in [1.29, 1.82) is 0 Å². The molecule has 1 aliphatic rings. The lowest BCUT2D eigenvalue weighted by molar-refractivity contribution is -0.124. The molecule has 0 saturated carbocycles. The Morgan fingerprint density at radius 1 is 1.03 bits per heavy atom. The standard InChI is InChI=1S/C22H33N5O4/c1-14(2)22(28)23-15(3)21-25-24-20-7-8-26(9-10-27(20)21)13-17-18(30-5)11-16(29-4)12-19(17)31-6/h11-12,14-15H,7-10,13H2,1-6H3,(H,23,28)/t15-/m0/s1. The Morgan fingerprint density at radius 3 is 2.29 bits per heavy atom. The van der Waals surface area contributed by atoms with Gasteiger partial charge >= 0.3 is 0 Å². The highest BCUT2D eigenvalue weighted by Crippen LogP contribution is 2.35. The van der Waals surface area contributed by atoms with Crippen LogP contribution in [0.25, 0.3) is 0 Å². The number of fused-ring (bicyclic) bond motifs is 1. The first-order valence-electron chi connectivity index (χ1n) is 10.6. The van der Waals surface area contributed by atoms with Gasteiger partial charge in [-0.1, -0.05) is 13.8 Å². The fourth-order valence-corrected chi connectivity index (χ4v) is 3.77. The zero-order valence-corrected chi connectivity index (χ0v) is 19.3. The molecule has 9 nitrogen and oxygen atoms in total. The Labute approximate surface area is 183 Å². The Bertz CT molecular complexity index is 886. The molecule has 0 saturated heterocycles. The minimum atomic E-state index is -0.190. The maximum Gasteiger partial charge on any atom is 0.223 e. The number of carbonyl (C=O) groups is 1. The SMILES string of the molecule is COc1cc(OC)c(CN2CCc3nnc([C@H](C)NC(=O)C(C)C)n3CC2)c(OC)c1. The van der Waals surface area contributed by atoms with Gasteiger partial charge in [-0.15, -0.1) is 10.2 Å². The fraction of sp³-hybridized carbons (Fsp3) is 0.591. The van der Waals surface area contributed by atoms with Crippen LogP contribution in [0.4, 0.5) is 0 Å². The van der Waals surface area contributed by atoms with Crippen molar-refractivity contribution in [3.8, 4) is 17.2 Å². The molecular weight excluding hydrogens is 398 g/mol. The molecule has 31 heavy (non-hydrogen) atoms. The van der Waals surface area contributed by atoms with Crippen molar-refractivity contribution in [3.05, 3.63) is 29.3 Å². The summed E-state index contributed by atoms with van der Waals surface area (Å²) in [5.41, 5.74) is 0.987. The molecule has 1 aliphatic heterocycles. The second-order valence-corrected chi connectivity index (χ2v) is 8.05. The lowest BCUT2D eigenvalue weighted by atomic mass is 10.1. The number of benzene rings is 1. The van der Waals surface area contributed by atoms with Crippen LogP contribution >= 0.6 is 0 Å². The summed E-state index contributed by atoms with van der Waals surface area (Å²) >= 11 is 0. The highest BCUT2D eigenvalue weighted by atomic mass is 16.5. The minimum absolute atomic E-state index is 0.0128. The molecule has 0 radical (unpaired) electrons. The average Bonchev–Trinajstić information content (AvgIpc) is 3.07. The van der Waals surface area contributed by atoms with Gasteiger partial charge in [-0.3, -0.25) is 9.69 Å². The third kappa shape index (κ3) is 5.10. The van der Waals surface area contributed by atoms with Crippen LogP contribution < -0.4 is 19.5 Å². The van der Waals surface area contributed by atoms with Crippen molar-refractivity contribution in [2.45, 2.75) is 46.3 Å². The Kier molecular flexibility index (Phi) is 7.37. The van der Waals surface area contributed by atoms with Crippen molar-refractivity contribution in [2.75, 3.05) is 34.4 Å². The van der Waals surface area contributed by atoms with Gasteiger partial charge in [0.05, 0.1) is 32.9 Å². The molecule has 1 aromatic carbocycles. The quantitative estimate of drug-likeness (QED) is 0.685. The molecule has 3 rings (SSSR count). The molecule has 1 atom stereocenters. The van der Waals surface area contributed by atoms with E-state index in [1.54, 1.807) is 21.3 Å². The van der Waals surface area contributed by atoms with Crippen molar-refractivity contribution in [2.24, 2.45) is 5.92 Å². The van der Waals surface area contributed by atoms with Gasteiger partial charge in [-0.25, -0.2) is 0 Å². The molecular formula is C22H33N5O4. The first-order valence-corrected chi connectivity index (χ1v) is 10.6. The van der Waals surface area contributed by atoms with E-state index in [2.05, 4.69) is 25.0 Å². The molecule has 2 heterocycles. The Balaban J connectivity index is 1.75. The summed E-state index contributed by atoms with van der Waals surface area (Å²) in [6.45, 7) is 8.81. The number of methoxy groups -OCH3 is 3. The fourth-order valence-electron chi connectivity index (χ4n) is 3.77. The smallest absolute Gasteiger partial charge is 0.223 e. The van der Waals surface area contributed by atoms with Gasteiger partial charge < -0.3 is 24.1 Å². The molecule has 170 valence electrons. The first-order chi connectivity index (χ1) is 14.9. The minimum Gasteiger partial charge on any atom is -0.496 e. The molecule has 2 aromatic rings. The zero-order valence-electron chi connectivity index (χ0n) is 19.3. The van der Waals surface area contributed by atoms with E-state index < -0.39 is 0 Å². The maximum absolute atomic E-state index is 12.1. The van der Waals surface area contributed by atoms with E-state index in [1.165, 1.54) is 0 Å². The number of nitrogens with one attached hydrogen (secondary N) is 1. The van der Waals surface area contributed by atoms with Crippen molar-refractivity contribution in [3.63, 3.8) is 0 Å². The summed E-state index contributed by atoms with van der Waals surface area (Å²) < 4.78 is 18.7. The van der Waals surface area contributed by atoms with Gasteiger partial charge in [-0.2, -0.15) is 0 Å². The third-order valence-corrected chi connectivity index (χ3v) is 5.62. The normalized spacial score (nSPS) is 15.2. The number of rotatable bonds is 8. The number of aromatic nitrogens is 3. The summed E-state index contributed by atoms with van der Waals surface area (Å²) in [6.07, 6.45) is 0.776. The van der Waals surface area contributed by atoms with Gasteiger partial charge in [0.1, 0.15) is 23.1 Å². The van der Waals surface area contributed by atoms with Crippen LogP contribution in [-0.4, -0.2) is 60.0 Å². The van der Waals surface area contributed by atoms with Crippen LogP contribution in [-0.2, 0) is 24.3 Å². The highest BCUT2D eigenvalue weighted by molar-refractivity contribution is 5.78. The summed E-state index contributed by atoms with van der Waals surface area (Å²) in [4.78, 5) is 14.4. The van der Waals surface area contributed by atoms with Crippen LogP contribution in [0.5, 0.6) is 17.2 Å². The number of amides is 1. The van der Waals surface area contributed by atoms with E-state index in [4.69, 9.17) is 14.2 Å². The molecule has 0 aliphatic carbocycles. The number of carbonyl (C=O) groups excluding carboxylic acids is 1. The molecule has 1 amide bonds. The largest absolute Gasteiger partial charge is 0.496 e. The number of hydrogen-bond donors (Lipinski definition) is 1. The average molecular weight is 432 g/mol. The van der Waals surface area contributed by atoms with E-state index in [1.807, 2.05) is 32.9 Å². The van der Waals surface area contributed by atoms with Crippen molar-refractivity contribution in [1.82, 2.24) is 25.0 Å². The van der Waals surface area contributed by atoms with Crippen LogP contribution in [0, 0.1) is 5.92 Å². The second-order valence-electron chi connectivity index (χ2n) is 8.05. The Morgan fingerprint density at radius 2 is 1.71 bits per heavy atom. The molecule has 1 N–H and O–H groups in total. The molecule has 1 aromatic heterocycles. The summed E-state index contributed by atoms with van der Waals surface area (Å²) in [7, 11) is 4.93. The number of hydrogen-bond acceptors (Lipinski definition) is 7. The first kappa shape index (κ1) is 22.9. The Hall–Kier alpha value is -2.81. The van der Waals surface area contributed by atoms with Gasteiger partial charge in [0, 0.05) is 50.7 Å². The van der Waals surface area contributed by atoms with E-state index in [-0.39, 0.29) is 17.9 Å². The lowest BCUT2D eigenvalue weighted by Crippen LogP contribution is -2.32. The van der Waals surface area contributed by atoms with E-state index in [9.17, 15) is 4.79 Å². The molecule has 0 fully saturated rings. The maximum atomic E-state index is 12.1. The van der Waals surface area contributed by atoms with Gasteiger partial charge in [-0.05, 0) is 6.92 Å². The van der Waals surface area contributed by atoms with Crippen LogP contribution in [0.3, 0.4) is 0 Å². The highest BCUT2D eigenvalue weighted by Gasteiger charge is 2.24. The second kappa shape index (κ2) is 10.00. The molecule has 9 heteroatoms. The van der Waals surface area contributed by atoms with Gasteiger partial charge in [0.25, 0.3) is 0 Å². The van der Waals surface area contributed by atoms with Crippen molar-refractivity contribution < 1.29 is 19.0 Å². The predicted molar refractivity (Wildman–Crippen MR) is 116 cm³/mol. The summed E-state index contributed by atoms with van der Waals surface area (Å²) in [6, 6.07) is 3.56. The van der Waals surface area contributed by atoms with Crippen LogP contribution in [0.2, 0.25) is 0 Å². The number of ether oxygens (including phenoxy) is 3. The molecule has 0 bridgehead atoms. The predicted octanol–water partition coefficient (Wildman–Crippen LogP) is 2.20. The van der Waals surface area contributed by atoms with E-state index in [0.717, 1.165) is 54.8 Å². The monoisotopic (exact) mass is 431 g/mol. The van der Waals surface area contributed by atoms with Crippen LogP contribution in [0.15, 0.2) is 12.1 Å². The number of nitrogens with zero attached hydrogens (tertiary/aromatic N) is 4. The summed E-state index contributed by atoms with van der Waals surface area (Å²) in [5, 5.41) is 11.8. The molecule has 0 spiro atoms. The zero-order chi connectivity index (χ0) is 22.5.